The first-order valence-corrected chi connectivity index (χ1v) is 2.86. The third-order valence-corrected chi connectivity index (χ3v) is 1.19. The smallest absolute Gasteiger partial charge is 1.00 e. The Kier molecular flexibility index (Phi) is 3.69. The van der Waals surface area contributed by atoms with E-state index < -0.39 is 11.7 Å². The molecule has 0 atom stereocenters. The molecule has 1 aromatic rings. The fourth-order valence-electron chi connectivity index (χ4n) is 0.650. The number of hydrogen-bond donors (Lipinski definition) is 1. The number of benzene rings is 1. The van der Waals surface area contributed by atoms with Crippen LogP contribution in [-0.2, 0) is 6.18 Å². The van der Waals surface area contributed by atoms with E-state index in [-0.39, 0.29) is 26.0 Å². The first-order chi connectivity index (χ1) is 5.00. The summed E-state index contributed by atoms with van der Waals surface area (Å²) < 4.78 is 35.5. The van der Waals surface area contributed by atoms with Gasteiger partial charge in [-0.25, -0.2) is 0 Å². The topological polar surface area (TPSA) is 20.2 Å². The van der Waals surface area contributed by atoms with Crippen LogP contribution in [0.2, 0.25) is 0 Å². The largest absolute Gasteiger partial charge is 1.00 e. The molecule has 0 fully saturated rings. The summed E-state index contributed by atoms with van der Waals surface area (Å²) in [6.07, 6.45) is -4.33. The molecule has 0 aliphatic carbocycles. The van der Waals surface area contributed by atoms with E-state index in [1.165, 1.54) is 0 Å². The number of alkyl halides is 3. The van der Waals surface area contributed by atoms with Crippen molar-refractivity contribution < 1.29 is 38.6 Å². The second kappa shape index (κ2) is 3.88. The quantitative estimate of drug-likeness (QED) is 0.522. The second-order valence-corrected chi connectivity index (χ2v) is 2.04. The van der Waals surface area contributed by atoms with Gasteiger partial charge in [0.25, 0.3) is 0 Å². The summed E-state index contributed by atoms with van der Waals surface area (Å²) in [5.74, 6) is -0.169. The summed E-state index contributed by atoms with van der Waals surface area (Å²) >= 11 is 0. The Morgan fingerprint density at radius 1 is 1.08 bits per heavy atom. The van der Waals surface area contributed by atoms with E-state index >= 15 is 0 Å². The summed E-state index contributed by atoms with van der Waals surface area (Å²) in [7, 11) is 0. The summed E-state index contributed by atoms with van der Waals surface area (Å²) in [6.45, 7) is 0. The third-order valence-electron chi connectivity index (χ3n) is 1.19. The van der Waals surface area contributed by atoms with Gasteiger partial charge in [-0.05, 0) is 24.3 Å². The Balaban J connectivity index is 0. The zero-order valence-corrected chi connectivity index (χ0v) is 6.39. The van der Waals surface area contributed by atoms with Crippen molar-refractivity contribution in [3.8, 4) is 5.75 Å². The van der Waals surface area contributed by atoms with Crippen LogP contribution in [0, 0.1) is 0 Å². The molecular formula is C7H6F3LiO. The molecule has 0 unspecified atom stereocenters. The van der Waals surface area contributed by atoms with Crippen molar-refractivity contribution in [2.24, 2.45) is 0 Å². The van der Waals surface area contributed by atoms with Gasteiger partial charge in [0.15, 0.2) is 0 Å². The first kappa shape index (κ1) is 11.4. The van der Waals surface area contributed by atoms with Crippen LogP contribution in [0.5, 0.6) is 5.75 Å². The van der Waals surface area contributed by atoms with Crippen LogP contribution < -0.4 is 18.9 Å². The number of rotatable bonds is 0. The third kappa shape index (κ3) is 2.80. The molecule has 1 N–H and O–H groups in total. The van der Waals surface area contributed by atoms with Crippen LogP contribution in [0.1, 0.15) is 6.99 Å². The molecule has 0 spiro atoms. The normalized spacial score (nSPS) is 10.6. The van der Waals surface area contributed by atoms with Gasteiger partial charge in [0.05, 0.1) is 5.56 Å². The molecule has 1 aromatic carbocycles. The SMILES string of the molecule is Oc1ccc(C(F)(F)F)cc1.[H-].[Li+]. The Morgan fingerprint density at radius 2 is 1.50 bits per heavy atom. The van der Waals surface area contributed by atoms with Gasteiger partial charge in [-0.3, -0.25) is 0 Å². The van der Waals surface area contributed by atoms with Gasteiger partial charge in [-0.15, -0.1) is 0 Å². The molecule has 0 radical (unpaired) electrons. The fourth-order valence-corrected chi connectivity index (χ4v) is 0.650. The van der Waals surface area contributed by atoms with E-state index in [2.05, 4.69) is 0 Å². The van der Waals surface area contributed by atoms with Crippen molar-refractivity contribution in [3.63, 3.8) is 0 Å². The number of phenols is 1. The van der Waals surface area contributed by atoms with Crippen LogP contribution in [-0.4, -0.2) is 5.11 Å². The van der Waals surface area contributed by atoms with Crippen molar-refractivity contribution in [1.82, 2.24) is 0 Å². The molecule has 0 aliphatic rings. The maximum absolute atomic E-state index is 11.8. The molecule has 1 nitrogen and oxygen atoms in total. The summed E-state index contributed by atoms with van der Waals surface area (Å²) in [5, 5.41) is 8.66. The van der Waals surface area contributed by atoms with Crippen LogP contribution in [0.3, 0.4) is 0 Å². The number of aromatic hydroxyl groups is 1. The molecule has 0 aromatic heterocycles. The maximum atomic E-state index is 11.8. The summed E-state index contributed by atoms with van der Waals surface area (Å²) in [5.41, 5.74) is -0.754. The van der Waals surface area contributed by atoms with E-state index in [0.717, 1.165) is 24.3 Å². The molecule has 0 aliphatic heterocycles. The zero-order chi connectivity index (χ0) is 8.48. The minimum absolute atomic E-state index is 0. The van der Waals surface area contributed by atoms with E-state index in [1.54, 1.807) is 0 Å². The van der Waals surface area contributed by atoms with Crippen LogP contribution in [0.25, 0.3) is 0 Å². The van der Waals surface area contributed by atoms with E-state index in [9.17, 15) is 13.2 Å². The van der Waals surface area contributed by atoms with Crippen molar-refractivity contribution in [2.75, 3.05) is 0 Å². The van der Waals surface area contributed by atoms with Gasteiger partial charge < -0.3 is 6.53 Å². The van der Waals surface area contributed by atoms with Crippen molar-refractivity contribution in [2.45, 2.75) is 6.18 Å². The number of halogens is 3. The van der Waals surface area contributed by atoms with E-state index in [4.69, 9.17) is 5.11 Å². The Morgan fingerprint density at radius 3 is 1.83 bits per heavy atom. The number of hydrogen-bond acceptors (Lipinski definition) is 1. The molecule has 12 heavy (non-hydrogen) atoms. The molecular weight excluding hydrogens is 164 g/mol. The monoisotopic (exact) mass is 170 g/mol. The maximum Gasteiger partial charge on any atom is 1.00 e. The molecule has 0 amide bonds. The van der Waals surface area contributed by atoms with Crippen molar-refractivity contribution in [1.29, 1.82) is 0 Å². The standard InChI is InChI=1S/C7H5F3O.Li.H/c8-7(9,10)5-1-3-6(11)4-2-5;;/h1-4,11H;;/q;+1;-1. The van der Waals surface area contributed by atoms with Gasteiger partial charge in [-0.1, -0.05) is 0 Å². The molecule has 5 heteroatoms. The van der Waals surface area contributed by atoms with Crippen LogP contribution in [0.15, 0.2) is 24.3 Å². The first-order valence-electron chi connectivity index (χ1n) is 2.86. The van der Waals surface area contributed by atoms with Gasteiger partial charge in [0, 0.05) is 0 Å². The van der Waals surface area contributed by atoms with Gasteiger partial charge >= 0.3 is 25.0 Å². The molecule has 0 heterocycles. The Bertz CT molecular complexity index is 247. The van der Waals surface area contributed by atoms with Gasteiger partial charge in [0.1, 0.15) is 5.75 Å². The van der Waals surface area contributed by atoms with E-state index in [0.29, 0.717) is 0 Å². The predicted molar refractivity (Wildman–Crippen MR) is 34.2 cm³/mol. The van der Waals surface area contributed by atoms with Gasteiger partial charge in [-0.2, -0.15) is 13.2 Å². The molecule has 62 valence electrons. The molecule has 0 saturated carbocycles. The average Bonchev–Trinajstić information content (AvgIpc) is 1.86. The molecule has 0 bridgehead atoms. The van der Waals surface area contributed by atoms with Crippen molar-refractivity contribution >= 4 is 0 Å². The summed E-state index contributed by atoms with van der Waals surface area (Å²) in [4.78, 5) is 0. The molecule has 0 saturated heterocycles. The predicted octanol–water partition coefficient (Wildman–Crippen LogP) is -0.473. The van der Waals surface area contributed by atoms with E-state index in [1.807, 2.05) is 0 Å². The number of phenolic OH excluding ortho intramolecular Hbond substituents is 1. The average molecular weight is 170 g/mol. The zero-order valence-electron chi connectivity index (χ0n) is 7.39. The Hall–Kier alpha value is -0.593. The van der Waals surface area contributed by atoms with Crippen molar-refractivity contribution in [3.05, 3.63) is 29.8 Å². The minimum atomic E-state index is -4.33. The minimum Gasteiger partial charge on any atom is -1.00 e. The van der Waals surface area contributed by atoms with Crippen LogP contribution >= 0.6 is 0 Å². The van der Waals surface area contributed by atoms with Gasteiger partial charge in [0.2, 0.25) is 0 Å². The van der Waals surface area contributed by atoms with Crippen LogP contribution in [0.4, 0.5) is 13.2 Å². The summed E-state index contributed by atoms with van der Waals surface area (Å²) in [6, 6.07) is 3.66. The Labute approximate surface area is 80.9 Å². The fraction of sp³-hybridized carbons (Fsp3) is 0.143. The molecule has 1 rings (SSSR count). The second-order valence-electron chi connectivity index (χ2n) is 2.04.